The molecule has 1 aliphatic carbocycles. The first-order valence-electron chi connectivity index (χ1n) is 6.51. The summed E-state index contributed by atoms with van der Waals surface area (Å²) in [4.78, 5) is 11.6. The summed E-state index contributed by atoms with van der Waals surface area (Å²) < 4.78 is 5.63. The van der Waals surface area contributed by atoms with E-state index in [9.17, 15) is 4.79 Å². The molecule has 0 spiro atoms. The lowest BCUT2D eigenvalue weighted by Gasteiger charge is -2.10. The summed E-state index contributed by atoms with van der Waals surface area (Å²) in [5.74, 6) is 1.42. The SMILES string of the molecule is CCNC(=O)c1ccc(OCCC2CC2)c(N)c1. The van der Waals surface area contributed by atoms with Gasteiger partial charge in [-0.15, -0.1) is 0 Å². The van der Waals surface area contributed by atoms with E-state index in [1.807, 2.05) is 6.92 Å². The van der Waals surface area contributed by atoms with Gasteiger partial charge in [-0.1, -0.05) is 12.8 Å². The van der Waals surface area contributed by atoms with E-state index in [0.717, 1.165) is 12.3 Å². The fourth-order valence-corrected chi connectivity index (χ4v) is 1.83. The second kappa shape index (κ2) is 5.76. The highest BCUT2D eigenvalue weighted by atomic mass is 16.5. The average molecular weight is 248 g/mol. The van der Waals surface area contributed by atoms with Gasteiger partial charge in [-0.3, -0.25) is 4.79 Å². The highest BCUT2D eigenvalue weighted by molar-refractivity contribution is 5.95. The van der Waals surface area contributed by atoms with Gasteiger partial charge in [0.05, 0.1) is 12.3 Å². The average Bonchev–Trinajstić information content (AvgIpc) is 3.15. The van der Waals surface area contributed by atoms with E-state index in [2.05, 4.69) is 5.32 Å². The lowest BCUT2D eigenvalue weighted by molar-refractivity contribution is 0.0956. The summed E-state index contributed by atoms with van der Waals surface area (Å²) >= 11 is 0. The number of nitrogens with two attached hydrogens (primary N) is 1. The molecule has 0 aromatic heterocycles. The van der Waals surface area contributed by atoms with Crippen LogP contribution in [0.5, 0.6) is 5.75 Å². The Morgan fingerprint density at radius 1 is 1.50 bits per heavy atom. The molecule has 18 heavy (non-hydrogen) atoms. The van der Waals surface area contributed by atoms with Gasteiger partial charge in [0.2, 0.25) is 0 Å². The first-order chi connectivity index (χ1) is 8.70. The Balaban J connectivity index is 1.93. The van der Waals surface area contributed by atoms with Gasteiger partial charge in [0.25, 0.3) is 5.91 Å². The normalized spacial score (nSPS) is 14.3. The maximum atomic E-state index is 11.6. The largest absolute Gasteiger partial charge is 0.491 e. The van der Waals surface area contributed by atoms with Crippen LogP contribution in [0.15, 0.2) is 18.2 Å². The molecule has 0 aliphatic heterocycles. The maximum absolute atomic E-state index is 11.6. The van der Waals surface area contributed by atoms with Gasteiger partial charge in [-0.2, -0.15) is 0 Å². The number of hydrogen-bond donors (Lipinski definition) is 2. The van der Waals surface area contributed by atoms with Crippen molar-refractivity contribution < 1.29 is 9.53 Å². The molecule has 0 unspecified atom stereocenters. The van der Waals surface area contributed by atoms with Gasteiger partial charge in [0.1, 0.15) is 5.75 Å². The molecule has 0 heterocycles. The molecule has 1 aliphatic rings. The highest BCUT2D eigenvalue weighted by Crippen LogP contribution is 2.32. The minimum atomic E-state index is -0.103. The zero-order valence-electron chi connectivity index (χ0n) is 10.7. The number of anilines is 1. The molecule has 4 nitrogen and oxygen atoms in total. The molecular weight excluding hydrogens is 228 g/mol. The van der Waals surface area contributed by atoms with E-state index >= 15 is 0 Å². The molecule has 3 N–H and O–H groups in total. The standard InChI is InChI=1S/C14H20N2O2/c1-2-16-14(17)11-5-6-13(12(15)9-11)18-8-7-10-3-4-10/h5-6,9-10H,2-4,7-8,15H2,1H3,(H,16,17). The van der Waals surface area contributed by atoms with Crippen LogP contribution >= 0.6 is 0 Å². The Labute approximate surface area is 108 Å². The molecule has 1 fully saturated rings. The van der Waals surface area contributed by atoms with Crippen LogP contribution in [-0.4, -0.2) is 19.1 Å². The maximum Gasteiger partial charge on any atom is 0.251 e. The number of ether oxygens (including phenoxy) is 1. The number of carbonyl (C=O) groups excluding carboxylic acids is 1. The number of rotatable bonds is 6. The van der Waals surface area contributed by atoms with Crippen LogP contribution in [0.2, 0.25) is 0 Å². The van der Waals surface area contributed by atoms with Crippen LogP contribution in [0.25, 0.3) is 0 Å². The van der Waals surface area contributed by atoms with E-state index in [0.29, 0.717) is 30.2 Å². The van der Waals surface area contributed by atoms with E-state index in [-0.39, 0.29) is 5.91 Å². The zero-order valence-corrected chi connectivity index (χ0v) is 10.7. The number of carbonyl (C=O) groups is 1. The summed E-state index contributed by atoms with van der Waals surface area (Å²) in [6, 6.07) is 5.18. The number of amides is 1. The molecule has 0 saturated heterocycles. The minimum Gasteiger partial charge on any atom is -0.491 e. The molecule has 1 aromatic rings. The predicted octanol–water partition coefficient (Wildman–Crippen LogP) is 2.20. The quantitative estimate of drug-likeness (QED) is 0.758. The Morgan fingerprint density at radius 2 is 2.28 bits per heavy atom. The Hall–Kier alpha value is -1.71. The third-order valence-corrected chi connectivity index (χ3v) is 3.09. The summed E-state index contributed by atoms with van der Waals surface area (Å²) in [5, 5.41) is 2.74. The van der Waals surface area contributed by atoms with Gasteiger partial charge >= 0.3 is 0 Å². The second-order valence-electron chi connectivity index (χ2n) is 4.69. The van der Waals surface area contributed by atoms with Crippen LogP contribution < -0.4 is 15.8 Å². The molecule has 4 heteroatoms. The van der Waals surface area contributed by atoms with Crippen molar-refractivity contribution in [1.29, 1.82) is 0 Å². The fourth-order valence-electron chi connectivity index (χ4n) is 1.83. The topological polar surface area (TPSA) is 64.3 Å². The molecule has 98 valence electrons. The summed E-state index contributed by atoms with van der Waals surface area (Å²) in [6.07, 6.45) is 3.75. The first kappa shape index (κ1) is 12.7. The van der Waals surface area contributed by atoms with Crippen molar-refractivity contribution in [2.75, 3.05) is 18.9 Å². The zero-order chi connectivity index (χ0) is 13.0. The van der Waals surface area contributed by atoms with Crippen molar-refractivity contribution in [2.24, 2.45) is 5.92 Å². The van der Waals surface area contributed by atoms with Crippen LogP contribution in [0, 0.1) is 5.92 Å². The van der Waals surface area contributed by atoms with E-state index in [4.69, 9.17) is 10.5 Å². The summed E-state index contributed by atoms with van der Waals surface area (Å²) in [5.41, 5.74) is 6.98. The predicted molar refractivity (Wildman–Crippen MR) is 71.7 cm³/mol. The number of hydrogen-bond acceptors (Lipinski definition) is 3. The summed E-state index contributed by atoms with van der Waals surface area (Å²) in [6.45, 7) is 3.20. The van der Waals surface area contributed by atoms with Gasteiger partial charge in [0.15, 0.2) is 0 Å². The molecule has 0 bridgehead atoms. The number of nitrogen functional groups attached to an aromatic ring is 1. The van der Waals surface area contributed by atoms with Crippen molar-refractivity contribution in [3.63, 3.8) is 0 Å². The molecule has 1 aromatic carbocycles. The van der Waals surface area contributed by atoms with Crippen LogP contribution in [0.3, 0.4) is 0 Å². The van der Waals surface area contributed by atoms with E-state index in [1.165, 1.54) is 12.8 Å². The van der Waals surface area contributed by atoms with Crippen molar-refractivity contribution >= 4 is 11.6 Å². The van der Waals surface area contributed by atoms with E-state index < -0.39 is 0 Å². The van der Waals surface area contributed by atoms with Crippen molar-refractivity contribution in [3.05, 3.63) is 23.8 Å². The van der Waals surface area contributed by atoms with Crippen molar-refractivity contribution in [3.8, 4) is 5.75 Å². The second-order valence-corrected chi connectivity index (χ2v) is 4.69. The van der Waals surface area contributed by atoms with Crippen molar-refractivity contribution in [1.82, 2.24) is 5.32 Å². The molecule has 1 amide bonds. The Bertz CT molecular complexity index is 428. The van der Waals surface area contributed by atoms with Gasteiger partial charge < -0.3 is 15.8 Å². The smallest absolute Gasteiger partial charge is 0.251 e. The first-order valence-corrected chi connectivity index (χ1v) is 6.51. The summed E-state index contributed by atoms with van der Waals surface area (Å²) in [7, 11) is 0. The minimum absolute atomic E-state index is 0.103. The third-order valence-electron chi connectivity index (χ3n) is 3.09. The van der Waals surface area contributed by atoms with Gasteiger partial charge in [-0.25, -0.2) is 0 Å². The van der Waals surface area contributed by atoms with Crippen LogP contribution in [-0.2, 0) is 0 Å². The third kappa shape index (κ3) is 3.39. The fraction of sp³-hybridized carbons (Fsp3) is 0.500. The monoisotopic (exact) mass is 248 g/mol. The van der Waals surface area contributed by atoms with Crippen molar-refractivity contribution in [2.45, 2.75) is 26.2 Å². The number of benzene rings is 1. The number of nitrogens with one attached hydrogen (secondary N) is 1. The van der Waals surface area contributed by atoms with Gasteiger partial charge in [0, 0.05) is 12.1 Å². The highest BCUT2D eigenvalue weighted by Gasteiger charge is 2.20. The molecule has 1 saturated carbocycles. The molecule has 0 atom stereocenters. The van der Waals surface area contributed by atoms with Crippen LogP contribution in [0.4, 0.5) is 5.69 Å². The Morgan fingerprint density at radius 3 is 2.89 bits per heavy atom. The molecule has 0 radical (unpaired) electrons. The van der Waals surface area contributed by atoms with Crippen LogP contribution in [0.1, 0.15) is 36.5 Å². The Kier molecular flexibility index (Phi) is 4.07. The van der Waals surface area contributed by atoms with Gasteiger partial charge in [-0.05, 0) is 37.5 Å². The van der Waals surface area contributed by atoms with E-state index in [1.54, 1.807) is 18.2 Å². The molecular formula is C14H20N2O2. The lowest BCUT2D eigenvalue weighted by Crippen LogP contribution is -2.22. The molecule has 2 rings (SSSR count). The lowest BCUT2D eigenvalue weighted by atomic mass is 10.1.